The van der Waals surface area contributed by atoms with Crippen LogP contribution in [0.3, 0.4) is 0 Å². The van der Waals surface area contributed by atoms with Gasteiger partial charge in [-0.25, -0.2) is 9.80 Å². The fraction of sp³-hybridized carbons (Fsp3) is 1.00. The third kappa shape index (κ3) is 2.40. The number of methoxy groups -OCH3 is 1. The van der Waals surface area contributed by atoms with Gasteiger partial charge in [0.2, 0.25) is 0 Å². The molecule has 0 unspecified atom stereocenters. The summed E-state index contributed by atoms with van der Waals surface area (Å²) in [6.07, 6.45) is -2.03. The Hall–Kier alpha value is -0.260. The molecular formula is C9H18F2N2O. The molecule has 5 heteroatoms. The summed E-state index contributed by atoms with van der Waals surface area (Å²) in [5.41, 5.74) is 0. The van der Waals surface area contributed by atoms with Gasteiger partial charge < -0.3 is 4.74 Å². The Labute approximate surface area is 83.6 Å². The maximum Gasteiger partial charge on any atom is 0.369 e. The number of rotatable bonds is 5. The van der Waals surface area contributed by atoms with E-state index < -0.39 is 6.17 Å². The Kier molecular flexibility index (Phi) is 4.22. The molecule has 0 saturated carbocycles. The normalized spacial score (nSPS) is 23.1. The molecule has 1 aliphatic rings. The molecule has 84 valence electrons. The number of hydrogen-bond donors (Lipinski definition) is 0. The van der Waals surface area contributed by atoms with E-state index in [1.54, 1.807) is 0 Å². The molecule has 0 aromatic carbocycles. The molecule has 0 spiro atoms. The van der Waals surface area contributed by atoms with Gasteiger partial charge in [-0.3, -0.25) is 0 Å². The molecule has 0 bridgehead atoms. The summed E-state index contributed by atoms with van der Waals surface area (Å²) < 4.78 is 32.0. The Balaban J connectivity index is 2.47. The largest absolute Gasteiger partial charge is 0.383 e. The van der Waals surface area contributed by atoms with E-state index in [0.29, 0.717) is 32.8 Å². The lowest BCUT2D eigenvalue weighted by molar-refractivity contribution is -0.212. The van der Waals surface area contributed by atoms with Crippen LogP contribution in [0.1, 0.15) is 13.3 Å². The summed E-state index contributed by atoms with van der Waals surface area (Å²) in [7, 11) is 1.53. The number of hydrogen-bond acceptors (Lipinski definition) is 3. The Morgan fingerprint density at radius 3 is 2.29 bits per heavy atom. The second-order valence-electron chi connectivity index (χ2n) is 3.48. The van der Waals surface area contributed by atoms with Gasteiger partial charge in [0.05, 0.1) is 6.61 Å². The molecule has 3 nitrogen and oxygen atoms in total. The number of ether oxygens (including phenoxy) is 1. The van der Waals surface area contributed by atoms with Gasteiger partial charge in [-0.15, -0.1) is 0 Å². The van der Waals surface area contributed by atoms with Crippen LogP contribution in [0, 0.1) is 0 Å². The maximum atomic E-state index is 13.6. The monoisotopic (exact) mass is 208 g/mol. The lowest BCUT2D eigenvalue weighted by Crippen LogP contribution is -2.47. The minimum Gasteiger partial charge on any atom is -0.383 e. The molecule has 0 amide bonds. The van der Waals surface area contributed by atoms with Gasteiger partial charge >= 0.3 is 6.17 Å². The van der Waals surface area contributed by atoms with Crippen molar-refractivity contribution in [2.45, 2.75) is 19.5 Å². The maximum absolute atomic E-state index is 13.6. The van der Waals surface area contributed by atoms with Crippen molar-refractivity contribution in [3.8, 4) is 0 Å². The van der Waals surface area contributed by atoms with E-state index >= 15 is 0 Å². The summed E-state index contributed by atoms with van der Waals surface area (Å²) in [6.45, 7) is 3.89. The topological polar surface area (TPSA) is 15.7 Å². The van der Waals surface area contributed by atoms with Gasteiger partial charge in [-0.05, 0) is 6.42 Å². The number of halogens is 2. The first-order chi connectivity index (χ1) is 6.62. The predicted octanol–water partition coefficient (Wildman–Crippen LogP) is 1.21. The molecule has 0 aromatic heterocycles. The lowest BCUT2D eigenvalue weighted by Gasteiger charge is -2.28. The minimum absolute atomic E-state index is 0.295. The first-order valence-electron chi connectivity index (χ1n) is 4.99. The summed E-state index contributed by atoms with van der Waals surface area (Å²) >= 11 is 0. The fourth-order valence-electron chi connectivity index (χ4n) is 1.67. The second kappa shape index (κ2) is 5.00. The lowest BCUT2D eigenvalue weighted by atomic mass is 10.4. The van der Waals surface area contributed by atoms with Crippen molar-refractivity contribution in [2.24, 2.45) is 0 Å². The van der Waals surface area contributed by atoms with Crippen molar-refractivity contribution in [3.63, 3.8) is 0 Å². The zero-order valence-corrected chi connectivity index (χ0v) is 8.80. The van der Waals surface area contributed by atoms with Crippen LogP contribution in [-0.2, 0) is 4.74 Å². The van der Waals surface area contributed by atoms with Crippen molar-refractivity contribution in [3.05, 3.63) is 0 Å². The van der Waals surface area contributed by atoms with E-state index in [-0.39, 0.29) is 0 Å². The highest BCUT2D eigenvalue weighted by atomic mass is 19.3. The zero-order chi connectivity index (χ0) is 10.6. The van der Waals surface area contributed by atoms with Crippen molar-refractivity contribution in [1.82, 2.24) is 9.80 Å². The van der Waals surface area contributed by atoms with Crippen molar-refractivity contribution < 1.29 is 13.5 Å². The Morgan fingerprint density at radius 2 is 1.79 bits per heavy atom. The third-order valence-corrected chi connectivity index (χ3v) is 2.46. The number of nitrogens with zero attached hydrogens (tertiary/aromatic N) is 2. The molecule has 1 fully saturated rings. The van der Waals surface area contributed by atoms with E-state index in [9.17, 15) is 8.78 Å². The Morgan fingerprint density at radius 1 is 1.21 bits per heavy atom. The SMILES string of the molecule is CCCN1CCN(CCOC)C1(F)F. The smallest absolute Gasteiger partial charge is 0.369 e. The van der Waals surface area contributed by atoms with E-state index in [4.69, 9.17) is 4.74 Å². The Bertz CT molecular complexity index is 178. The quantitative estimate of drug-likeness (QED) is 0.632. The van der Waals surface area contributed by atoms with Crippen LogP contribution in [0.25, 0.3) is 0 Å². The van der Waals surface area contributed by atoms with E-state index in [1.165, 1.54) is 16.9 Å². The second-order valence-corrected chi connectivity index (χ2v) is 3.48. The van der Waals surface area contributed by atoms with Gasteiger partial charge in [0.25, 0.3) is 0 Å². The van der Waals surface area contributed by atoms with Crippen LogP contribution in [0.4, 0.5) is 8.78 Å². The summed E-state index contributed by atoms with van der Waals surface area (Å²) in [4.78, 5) is 2.40. The van der Waals surface area contributed by atoms with Crippen molar-refractivity contribution in [1.29, 1.82) is 0 Å². The molecule has 0 atom stereocenters. The first-order valence-corrected chi connectivity index (χ1v) is 4.99. The average Bonchev–Trinajstić information content (AvgIpc) is 2.41. The molecule has 0 aromatic rings. The van der Waals surface area contributed by atoms with Crippen molar-refractivity contribution >= 4 is 0 Å². The standard InChI is InChI=1S/C9H18F2N2O/c1-3-4-12-5-6-13(7-8-14-2)9(12,10)11/h3-8H2,1-2H3. The highest BCUT2D eigenvalue weighted by Crippen LogP contribution is 2.29. The van der Waals surface area contributed by atoms with Crippen LogP contribution in [0.5, 0.6) is 0 Å². The van der Waals surface area contributed by atoms with Crippen LogP contribution in [0.2, 0.25) is 0 Å². The molecule has 1 saturated heterocycles. The van der Waals surface area contributed by atoms with Crippen LogP contribution < -0.4 is 0 Å². The van der Waals surface area contributed by atoms with Gasteiger partial charge in [0.15, 0.2) is 0 Å². The average molecular weight is 208 g/mol. The van der Waals surface area contributed by atoms with Gasteiger partial charge in [-0.2, -0.15) is 8.78 Å². The summed E-state index contributed by atoms with van der Waals surface area (Å²) in [5.74, 6) is 0. The highest BCUT2D eigenvalue weighted by Gasteiger charge is 2.47. The van der Waals surface area contributed by atoms with Gasteiger partial charge in [0.1, 0.15) is 0 Å². The molecule has 1 rings (SSSR count). The molecule has 0 radical (unpaired) electrons. The first kappa shape index (κ1) is 11.8. The molecule has 1 heterocycles. The molecular weight excluding hydrogens is 190 g/mol. The highest BCUT2D eigenvalue weighted by molar-refractivity contribution is 4.80. The predicted molar refractivity (Wildman–Crippen MR) is 50.3 cm³/mol. The number of alkyl halides is 2. The van der Waals surface area contributed by atoms with E-state index in [2.05, 4.69) is 0 Å². The zero-order valence-electron chi connectivity index (χ0n) is 8.80. The van der Waals surface area contributed by atoms with Crippen LogP contribution in [0.15, 0.2) is 0 Å². The fourth-order valence-corrected chi connectivity index (χ4v) is 1.67. The third-order valence-electron chi connectivity index (χ3n) is 2.46. The van der Waals surface area contributed by atoms with E-state index in [0.717, 1.165) is 6.42 Å². The summed E-state index contributed by atoms with van der Waals surface area (Å²) in [6, 6.07) is 0. The van der Waals surface area contributed by atoms with Gasteiger partial charge in [-0.1, -0.05) is 6.92 Å². The molecule has 0 aliphatic carbocycles. The van der Waals surface area contributed by atoms with Crippen LogP contribution in [-0.4, -0.2) is 55.9 Å². The molecule has 1 aliphatic heterocycles. The van der Waals surface area contributed by atoms with Crippen molar-refractivity contribution in [2.75, 3.05) is 39.9 Å². The molecule has 0 N–H and O–H groups in total. The van der Waals surface area contributed by atoms with Crippen LogP contribution >= 0.6 is 0 Å². The van der Waals surface area contributed by atoms with Gasteiger partial charge in [0, 0.05) is 33.3 Å². The minimum atomic E-state index is -2.78. The summed E-state index contributed by atoms with van der Waals surface area (Å²) in [5, 5.41) is 0. The van der Waals surface area contributed by atoms with E-state index in [1.807, 2.05) is 6.92 Å². The molecule has 14 heavy (non-hydrogen) atoms.